The summed E-state index contributed by atoms with van der Waals surface area (Å²) in [4.78, 5) is 16.0. The van der Waals surface area contributed by atoms with Crippen molar-refractivity contribution >= 4 is 55.1 Å². The first-order valence-corrected chi connectivity index (χ1v) is 7.66. The van der Waals surface area contributed by atoms with E-state index in [0.29, 0.717) is 20.9 Å². The van der Waals surface area contributed by atoms with Crippen LogP contribution in [-0.2, 0) is 5.33 Å². The molecule has 0 bridgehead atoms. The predicted octanol–water partition coefficient (Wildman–Crippen LogP) is 4.64. The highest BCUT2D eigenvalue weighted by Crippen LogP contribution is 2.23. The molecule has 0 saturated carbocycles. The quantitative estimate of drug-likeness (QED) is 0.598. The lowest BCUT2D eigenvalue weighted by Gasteiger charge is -2.06. The van der Waals surface area contributed by atoms with E-state index in [1.807, 2.05) is 12.1 Å². The van der Waals surface area contributed by atoms with Crippen molar-refractivity contribution in [3.8, 4) is 0 Å². The van der Waals surface area contributed by atoms with Crippen LogP contribution < -0.4 is 5.32 Å². The van der Waals surface area contributed by atoms with E-state index in [0.717, 1.165) is 10.9 Å². The van der Waals surface area contributed by atoms with E-state index in [1.165, 1.54) is 6.20 Å². The van der Waals surface area contributed by atoms with E-state index < -0.39 is 0 Å². The minimum atomic E-state index is -0.183. The second kappa shape index (κ2) is 6.50. The van der Waals surface area contributed by atoms with Crippen LogP contribution in [0, 0.1) is 0 Å². The minimum absolute atomic E-state index is 0.183. The maximum absolute atomic E-state index is 12.0. The molecule has 0 saturated heterocycles. The van der Waals surface area contributed by atoms with Crippen molar-refractivity contribution in [2.75, 3.05) is 5.32 Å². The Balaban J connectivity index is 2.13. The Hall–Kier alpha value is -0.910. The number of aromatic nitrogens is 1. The van der Waals surface area contributed by atoms with Crippen LogP contribution in [0.4, 0.5) is 5.69 Å². The number of anilines is 1. The Labute approximate surface area is 132 Å². The van der Waals surface area contributed by atoms with E-state index in [4.69, 9.17) is 11.6 Å². The molecule has 0 unspecified atom stereocenters. The Morgan fingerprint density at radius 1 is 1.32 bits per heavy atom. The summed E-state index contributed by atoms with van der Waals surface area (Å²) in [7, 11) is 0. The summed E-state index contributed by atoms with van der Waals surface area (Å²) in [6.45, 7) is 0. The summed E-state index contributed by atoms with van der Waals surface area (Å²) in [5.74, 6) is -0.183. The Bertz CT molecular complexity index is 602. The highest BCUT2D eigenvalue weighted by atomic mass is 79.9. The third kappa shape index (κ3) is 3.78. The number of benzene rings is 1. The van der Waals surface area contributed by atoms with Crippen LogP contribution in [-0.4, -0.2) is 10.9 Å². The molecule has 2 rings (SSSR count). The third-order valence-corrected chi connectivity index (χ3v) is 4.21. The second-order valence-corrected chi connectivity index (χ2v) is 5.55. The molecule has 1 amide bonds. The average molecular weight is 404 g/mol. The number of carbonyl (C=O) groups is 1. The number of hydrogen-bond donors (Lipinski definition) is 1. The van der Waals surface area contributed by atoms with Crippen molar-refractivity contribution in [3.05, 3.63) is 57.3 Å². The van der Waals surface area contributed by atoms with E-state index in [-0.39, 0.29) is 5.91 Å². The lowest BCUT2D eigenvalue weighted by atomic mass is 10.1. The summed E-state index contributed by atoms with van der Waals surface area (Å²) in [6.07, 6.45) is 1.51. The van der Waals surface area contributed by atoms with Gasteiger partial charge in [-0.1, -0.05) is 39.7 Å². The van der Waals surface area contributed by atoms with Gasteiger partial charge in [0.05, 0.1) is 16.4 Å². The topological polar surface area (TPSA) is 42.0 Å². The normalized spacial score (nSPS) is 10.3. The maximum Gasteiger partial charge on any atom is 0.255 e. The Kier molecular flexibility index (Phi) is 4.96. The molecule has 0 radical (unpaired) electrons. The van der Waals surface area contributed by atoms with Gasteiger partial charge in [0.25, 0.3) is 5.91 Å². The highest BCUT2D eigenvalue weighted by Gasteiger charge is 2.07. The van der Waals surface area contributed by atoms with Crippen molar-refractivity contribution in [2.24, 2.45) is 0 Å². The molecule has 0 atom stereocenters. The Morgan fingerprint density at radius 2 is 2.00 bits per heavy atom. The van der Waals surface area contributed by atoms with Gasteiger partial charge in [-0.25, -0.2) is 4.98 Å². The summed E-state index contributed by atoms with van der Waals surface area (Å²) in [5.41, 5.74) is 2.30. The largest absolute Gasteiger partial charge is 0.321 e. The third-order valence-electron chi connectivity index (χ3n) is 2.42. The Morgan fingerprint density at radius 3 is 2.58 bits per heavy atom. The molecule has 1 aromatic heterocycles. The second-order valence-electron chi connectivity index (χ2n) is 3.78. The van der Waals surface area contributed by atoms with Gasteiger partial charge < -0.3 is 5.32 Å². The zero-order valence-corrected chi connectivity index (χ0v) is 13.6. The number of pyridine rings is 1. The highest BCUT2D eigenvalue weighted by molar-refractivity contribution is 9.10. The van der Waals surface area contributed by atoms with Gasteiger partial charge in [0.15, 0.2) is 0 Å². The number of amides is 1. The van der Waals surface area contributed by atoms with Crippen LogP contribution in [0.1, 0.15) is 15.9 Å². The van der Waals surface area contributed by atoms with Crippen LogP contribution in [0.3, 0.4) is 0 Å². The molecule has 1 aromatic carbocycles. The molecule has 0 fully saturated rings. The smallest absolute Gasteiger partial charge is 0.255 e. The maximum atomic E-state index is 12.0. The van der Waals surface area contributed by atoms with Crippen molar-refractivity contribution in [1.82, 2.24) is 4.98 Å². The van der Waals surface area contributed by atoms with Crippen molar-refractivity contribution in [2.45, 2.75) is 5.33 Å². The zero-order valence-electron chi connectivity index (χ0n) is 9.66. The number of alkyl halides is 1. The molecule has 0 aliphatic rings. The van der Waals surface area contributed by atoms with E-state index >= 15 is 0 Å². The molecule has 19 heavy (non-hydrogen) atoms. The molecule has 0 aliphatic heterocycles. The minimum Gasteiger partial charge on any atom is -0.321 e. The van der Waals surface area contributed by atoms with Gasteiger partial charge in [-0.05, 0) is 39.7 Å². The number of halogens is 3. The van der Waals surface area contributed by atoms with Crippen LogP contribution in [0.5, 0.6) is 0 Å². The van der Waals surface area contributed by atoms with Crippen molar-refractivity contribution in [3.63, 3.8) is 0 Å². The first-order valence-electron chi connectivity index (χ1n) is 5.37. The number of carbonyl (C=O) groups excluding carboxylic acids is 1. The van der Waals surface area contributed by atoms with Gasteiger partial charge in [0.2, 0.25) is 0 Å². The van der Waals surface area contributed by atoms with Crippen LogP contribution >= 0.6 is 43.5 Å². The van der Waals surface area contributed by atoms with Gasteiger partial charge in [-0.15, -0.1) is 0 Å². The number of nitrogens with one attached hydrogen (secondary N) is 1. The summed E-state index contributed by atoms with van der Waals surface area (Å²) in [6, 6.07) is 9.08. The molecule has 2 aromatic rings. The molecule has 6 heteroatoms. The number of hydrogen-bond acceptors (Lipinski definition) is 2. The molecule has 1 heterocycles. The average Bonchev–Trinajstić information content (AvgIpc) is 2.43. The zero-order chi connectivity index (χ0) is 13.8. The van der Waals surface area contributed by atoms with Gasteiger partial charge in [-0.2, -0.15) is 0 Å². The number of rotatable bonds is 3. The first-order chi connectivity index (χ1) is 9.10. The van der Waals surface area contributed by atoms with Gasteiger partial charge in [-0.3, -0.25) is 4.79 Å². The summed E-state index contributed by atoms with van der Waals surface area (Å²) in [5, 5.41) is 3.89. The molecule has 3 nitrogen and oxygen atoms in total. The fourth-order valence-electron chi connectivity index (χ4n) is 1.44. The van der Waals surface area contributed by atoms with Crippen LogP contribution in [0.2, 0.25) is 5.15 Å². The van der Waals surface area contributed by atoms with Crippen LogP contribution in [0.25, 0.3) is 0 Å². The van der Waals surface area contributed by atoms with Crippen molar-refractivity contribution < 1.29 is 4.79 Å². The molecule has 1 N–H and O–H groups in total. The number of nitrogens with zero attached hydrogens (tertiary/aromatic N) is 1. The standard InChI is InChI=1S/C13H9Br2ClN2O/c14-6-8-1-3-9(4-2-8)13(19)18-10-5-11(15)12(16)17-7-10/h1-5,7H,6H2,(H,18,19). The SMILES string of the molecule is O=C(Nc1cnc(Cl)c(Br)c1)c1ccc(CBr)cc1. The predicted molar refractivity (Wildman–Crippen MR) is 84.0 cm³/mol. The molecule has 98 valence electrons. The van der Waals surface area contributed by atoms with E-state index in [9.17, 15) is 4.79 Å². The van der Waals surface area contributed by atoms with Crippen LogP contribution in [0.15, 0.2) is 41.0 Å². The molecule has 0 spiro atoms. The molecular formula is C13H9Br2ClN2O. The molecule has 0 aliphatic carbocycles. The summed E-state index contributed by atoms with van der Waals surface area (Å²) >= 11 is 12.4. The monoisotopic (exact) mass is 402 g/mol. The first kappa shape index (κ1) is 14.5. The van der Waals surface area contributed by atoms with Gasteiger partial charge >= 0.3 is 0 Å². The van der Waals surface area contributed by atoms with Crippen molar-refractivity contribution in [1.29, 1.82) is 0 Å². The van der Waals surface area contributed by atoms with E-state index in [2.05, 4.69) is 42.2 Å². The van der Waals surface area contributed by atoms with Gasteiger partial charge in [0.1, 0.15) is 5.15 Å². The summed E-state index contributed by atoms with van der Waals surface area (Å²) < 4.78 is 0.640. The van der Waals surface area contributed by atoms with E-state index in [1.54, 1.807) is 18.2 Å². The molecular weight excluding hydrogens is 395 g/mol. The lowest BCUT2D eigenvalue weighted by molar-refractivity contribution is 0.102. The van der Waals surface area contributed by atoms with Gasteiger partial charge in [0, 0.05) is 10.9 Å². The fraction of sp³-hybridized carbons (Fsp3) is 0.0769. The lowest BCUT2D eigenvalue weighted by Crippen LogP contribution is -2.12. The fourth-order valence-corrected chi connectivity index (χ4v) is 2.26.